The molecule has 0 aliphatic heterocycles. The summed E-state index contributed by atoms with van der Waals surface area (Å²) in [6.07, 6.45) is 4.06. The number of hydrogen-bond acceptors (Lipinski definition) is 2. The number of carboxylic acid groups (broad SMARTS) is 1. The van der Waals surface area contributed by atoms with E-state index in [1.54, 1.807) is 6.92 Å². The molecule has 0 amide bonds. The molecule has 0 spiro atoms. The summed E-state index contributed by atoms with van der Waals surface area (Å²) < 4.78 is 0. The third-order valence-electron chi connectivity index (χ3n) is 4.51. The third kappa shape index (κ3) is 4.97. The van der Waals surface area contributed by atoms with Crippen molar-refractivity contribution in [1.29, 1.82) is 0 Å². The maximum Gasteiger partial charge on any atom is 0.306 e. The van der Waals surface area contributed by atoms with E-state index in [1.807, 2.05) is 0 Å². The van der Waals surface area contributed by atoms with Crippen molar-refractivity contribution in [2.24, 2.45) is 17.3 Å². The lowest BCUT2D eigenvalue weighted by molar-refractivity contribution is -0.141. The minimum Gasteiger partial charge on any atom is -0.481 e. The molecule has 0 saturated heterocycles. The Labute approximate surface area is 112 Å². The van der Waals surface area contributed by atoms with Crippen molar-refractivity contribution in [2.75, 3.05) is 0 Å². The van der Waals surface area contributed by atoms with Crippen molar-refractivity contribution < 1.29 is 15.0 Å². The summed E-state index contributed by atoms with van der Waals surface area (Å²) in [6, 6.07) is 0. The molecule has 2 N–H and O–H groups in total. The van der Waals surface area contributed by atoms with Crippen LogP contribution in [0.2, 0.25) is 0 Å². The van der Waals surface area contributed by atoms with Gasteiger partial charge < -0.3 is 10.2 Å². The Hall–Kier alpha value is -0.570. The van der Waals surface area contributed by atoms with Crippen molar-refractivity contribution in [2.45, 2.75) is 72.8 Å². The van der Waals surface area contributed by atoms with Gasteiger partial charge in [-0.3, -0.25) is 4.79 Å². The summed E-state index contributed by atoms with van der Waals surface area (Å²) in [6.45, 7) is 10.1. The van der Waals surface area contributed by atoms with E-state index in [2.05, 4.69) is 27.7 Å². The van der Waals surface area contributed by atoms with Crippen LogP contribution in [-0.4, -0.2) is 22.3 Å². The largest absolute Gasteiger partial charge is 0.481 e. The number of aliphatic carboxylic acids is 1. The standard InChI is InChI=1S/C15H30O3/c1-6-11(3)13(16)15(5,7-2)10-8-9-12(4)14(17)18/h11-13,16H,6-10H2,1-5H3,(H,17,18). The van der Waals surface area contributed by atoms with Crippen LogP contribution < -0.4 is 0 Å². The zero-order valence-electron chi connectivity index (χ0n) is 12.6. The molecule has 4 atom stereocenters. The van der Waals surface area contributed by atoms with Gasteiger partial charge in [-0.1, -0.05) is 47.5 Å². The third-order valence-corrected chi connectivity index (χ3v) is 4.51. The fraction of sp³-hybridized carbons (Fsp3) is 0.933. The molecule has 4 unspecified atom stereocenters. The van der Waals surface area contributed by atoms with Crippen LogP contribution in [0.25, 0.3) is 0 Å². The zero-order chi connectivity index (χ0) is 14.3. The highest BCUT2D eigenvalue weighted by atomic mass is 16.4. The molecule has 3 heteroatoms. The number of aliphatic hydroxyl groups excluding tert-OH is 1. The first kappa shape index (κ1) is 17.4. The zero-order valence-corrected chi connectivity index (χ0v) is 12.6. The molecule has 0 aromatic carbocycles. The van der Waals surface area contributed by atoms with Crippen LogP contribution in [0.5, 0.6) is 0 Å². The van der Waals surface area contributed by atoms with Gasteiger partial charge in [0.15, 0.2) is 0 Å². The molecule has 0 rings (SSSR count). The molecule has 0 aliphatic rings. The second-order valence-electron chi connectivity index (χ2n) is 5.97. The molecule has 0 aliphatic carbocycles. The Morgan fingerprint density at radius 3 is 2.22 bits per heavy atom. The quantitative estimate of drug-likeness (QED) is 0.663. The number of rotatable bonds is 9. The molecule has 0 aromatic heterocycles. The number of hydrogen-bond donors (Lipinski definition) is 2. The highest BCUT2D eigenvalue weighted by molar-refractivity contribution is 5.69. The first-order valence-electron chi connectivity index (χ1n) is 7.19. The maximum absolute atomic E-state index is 10.8. The van der Waals surface area contributed by atoms with E-state index >= 15 is 0 Å². The van der Waals surface area contributed by atoms with Gasteiger partial charge >= 0.3 is 5.97 Å². The van der Waals surface area contributed by atoms with Crippen LogP contribution in [0.4, 0.5) is 0 Å². The van der Waals surface area contributed by atoms with Crippen molar-refractivity contribution in [3.05, 3.63) is 0 Å². The maximum atomic E-state index is 10.8. The fourth-order valence-corrected chi connectivity index (χ4v) is 2.38. The summed E-state index contributed by atoms with van der Waals surface area (Å²) in [5, 5.41) is 19.2. The molecular formula is C15H30O3. The van der Waals surface area contributed by atoms with Crippen molar-refractivity contribution >= 4 is 5.97 Å². The first-order chi connectivity index (χ1) is 8.28. The lowest BCUT2D eigenvalue weighted by Crippen LogP contribution is -2.36. The summed E-state index contributed by atoms with van der Waals surface area (Å²) in [4.78, 5) is 10.8. The topological polar surface area (TPSA) is 57.5 Å². The normalized spacial score (nSPS) is 19.9. The highest BCUT2D eigenvalue weighted by Crippen LogP contribution is 2.36. The molecule has 3 nitrogen and oxygen atoms in total. The lowest BCUT2D eigenvalue weighted by atomic mass is 9.72. The van der Waals surface area contributed by atoms with Crippen LogP contribution in [0.3, 0.4) is 0 Å². The molecule has 0 bridgehead atoms. The van der Waals surface area contributed by atoms with Gasteiger partial charge in [0.25, 0.3) is 0 Å². The molecule has 0 radical (unpaired) electrons. The molecule has 0 fully saturated rings. The van der Waals surface area contributed by atoms with Gasteiger partial charge in [-0.05, 0) is 30.6 Å². The second kappa shape index (κ2) is 7.78. The summed E-state index contributed by atoms with van der Waals surface area (Å²) in [5.74, 6) is -0.714. The van der Waals surface area contributed by atoms with Crippen molar-refractivity contribution in [3.8, 4) is 0 Å². The summed E-state index contributed by atoms with van der Waals surface area (Å²) in [7, 11) is 0. The molecule has 0 heterocycles. The van der Waals surface area contributed by atoms with Gasteiger partial charge in [0.2, 0.25) is 0 Å². The van der Waals surface area contributed by atoms with E-state index in [-0.39, 0.29) is 17.4 Å². The Morgan fingerprint density at radius 2 is 1.83 bits per heavy atom. The van der Waals surface area contributed by atoms with E-state index in [0.29, 0.717) is 12.3 Å². The van der Waals surface area contributed by atoms with Crippen LogP contribution in [0, 0.1) is 17.3 Å². The van der Waals surface area contributed by atoms with E-state index in [1.165, 1.54) is 0 Å². The lowest BCUT2D eigenvalue weighted by Gasteiger charge is -2.37. The first-order valence-corrected chi connectivity index (χ1v) is 7.19. The van der Waals surface area contributed by atoms with Crippen molar-refractivity contribution in [3.63, 3.8) is 0 Å². The van der Waals surface area contributed by atoms with Crippen LogP contribution in [0.1, 0.15) is 66.7 Å². The predicted molar refractivity (Wildman–Crippen MR) is 74.5 cm³/mol. The minimum absolute atomic E-state index is 0.0896. The van der Waals surface area contributed by atoms with Crippen LogP contribution in [0.15, 0.2) is 0 Å². The van der Waals surface area contributed by atoms with Gasteiger partial charge in [-0.25, -0.2) is 0 Å². The van der Waals surface area contributed by atoms with Gasteiger partial charge in [0.05, 0.1) is 12.0 Å². The predicted octanol–water partition coefficient (Wildman–Crippen LogP) is 3.70. The second-order valence-corrected chi connectivity index (χ2v) is 5.97. The molecule has 18 heavy (non-hydrogen) atoms. The molecular weight excluding hydrogens is 228 g/mol. The highest BCUT2D eigenvalue weighted by Gasteiger charge is 2.33. The average molecular weight is 258 g/mol. The minimum atomic E-state index is -0.726. The van der Waals surface area contributed by atoms with Gasteiger partial charge in [-0.2, -0.15) is 0 Å². The summed E-state index contributed by atoms with van der Waals surface area (Å²) >= 11 is 0. The van der Waals surface area contributed by atoms with E-state index in [4.69, 9.17) is 5.11 Å². The number of carboxylic acids is 1. The van der Waals surface area contributed by atoms with E-state index < -0.39 is 5.97 Å². The fourth-order valence-electron chi connectivity index (χ4n) is 2.38. The van der Waals surface area contributed by atoms with Gasteiger partial charge in [0.1, 0.15) is 0 Å². The Kier molecular flexibility index (Phi) is 7.53. The smallest absolute Gasteiger partial charge is 0.306 e. The molecule has 108 valence electrons. The number of aliphatic hydroxyl groups is 1. The molecule has 0 saturated carbocycles. The van der Waals surface area contributed by atoms with Gasteiger partial charge in [-0.15, -0.1) is 0 Å². The Balaban J connectivity index is 4.35. The van der Waals surface area contributed by atoms with Crippen molar-refractivity contribution in [1.82, 2.24) is 0 Å². The Bertz CT molecular complexity index is 252. The Morgan fingerprint density at radius 1 is 1.28 bits per heavy atom. The van der Waals surface area contributed by atoms with Crippen LogP contribution in [-0.2, 0) is 4.79 Å². The van der Waals surface area contributed by atoms with Crippen LogP contribution >= 0.6 is 0 Å². The van der Waals surface area contributed by atoms with E-state index in [9.17, 15) is 9.90 Å². The molecule has 0 aromatic rings. The SMILES string of the molecule is CCC(C)C(O)C(C)(CC)CCCC(C)C(=O)O. The van der Waals surface area contributed by atoms with Gasteiger partial charge in [0, 0.05) is 0 Å². The number of carbonyl (C=O) groups is 1. The average Bonchev–Trinajstić information content (AvgIpc) is 2.36. The monoisotopic (exact) mass is 258 g/mol. The summed E-state index contributed by atoms with van der Waals surface area (Å²) in [5.41, 5.74) is -0.0896. The van der Waals surface area contributed by atoms with E-state index in [0.717, 1.165) is 25.7 Å².